The topological polar surface area (TPSA) is 46.3 Å². The fourth-order valence-corrected chi connectivity index (χ4v) is 3.05. The normalized spacial score (nSPS) is 19.9. The number of nitrogens with two attached hydrogens (primary N) is 1. The Morgan fingerprint density at radius 1 is 1.08 bits per heavy atom. The molecule has 0 unspecified atom stereocenters. The van der Waals surface area contributed by atoms with Crippen molar-refractivity contribution in [2.75, 3.05) is 13.1 Å². The van der Waals surface area contributed by atoms with Crippen molar-refractivity contribution in [3.05, 3.63) is 71.3 Å². The van der Waals surface area contributed by atoms with E-state index in [4.69, 9.17) is 5.73 Å². The molecule has 0 spiro atoms. The van der Waals surface area contributed by atoms with Gasteiger partial charge < -0.3 is 10.6 Å². The minimum absolute atomic E-state index is 0. The lowest BCUT2D eigenvalue weighted by molar-refractivity contribution is -0.129. The van der Waals surface area contributed by atoms with Crippen molar-refractivity contribution in [1.29, 1.82) is 0 Å². The molecule has 0 aliphatic carbocycles. The zero-order chi connectivity index (χ0) is 16.4. The van der Waals surface area contributed by atoms with Crippen LogP contribution < -0.4 is 5.73 Å². The second-order valence-electron chi connectivity index (χ2n) is 5.87. The van der Waals surface area contributed by atoms with Crippen LogP contribution in [0.15, 0.2) is 48.5 Å². The number of rotatable bonds is 3. The lowest BCUT2D eigenvalue weighted by Gasteiger charge is -2.17. The third-order valence-electron chi connectivity index (χ3n) is 4.32. The first-order chi connectivity index (χ1) is 11.1. The fraction of sp³-hybridized carbons (Fsp3) is 0.278. The van der Waals surface area contributed by atoms with Gasteiger partial charge in [0, 0.05) is 30.6 Å². The largest absolute Gasteiger partial charge is 0.340 e. The Labute approximate surface area is 145 Å². The molecule has 1 heterocycles. The van der Waals surface area contributed by atoms with Gasteiger partial charge in [-0.1, -0.05) is 42.5 Å². The molecule has 2 aromatic carbocycles. The molecule has 0 aromatic heterocycles. The van der Waals surface area contributed by atoms with Crippen LogP contribution >= 0.6 is 12.4 Å². The van der Waals surface area contributed by atoms with Gasteiger partial charge >= 0.3 is 0 Å². The third kappa shape index (κ3) is 3.74. The number of nitrogens with zero attached hydrogens (tertiary/aromatic N) is 1. The van der Waals surface area contributed by atoms with Gasteiger partial charge in [-0.3, -0.25) is 4.79 Å². The van der Waals surface area contributed by atoms with Crippen molar-refractivity contribution in [3.63, 3.8) is 0 Å². The Kier molecular flexibility index (Phi) is 5.91. The van der Waals surface area contributed by atoms with Gasteiger partial charge in [-0.2, -0.15) is 0 Å². The summed E-state index contributed by atoms with van der Waals surface area (Å²) in [5.41, 5.74) is 7.32. The molecule has 128 valence electrons. The van der Waals surface area contributed by atoms with Crippen LogP contribution in [0.1, 0.15) is 17.0 Å². The summed E-state index contributed by atoms with van der Waals surface area (Å²) in [7, 11) is 0. The van der Waals surface area contributed by atoms with Gasteiger partial charge in [0.2, 0.25) is 5.91 Å². The van der Waals surface area contributed by atoms with E-state index >= 15 is 0 Å². The summed E-state index contributed by atoms with van der Waals surface area (Å²) in [6.07, 6.45) is -0.155. The lowest BCUT2D eigenvalue weighted by atomic mass is 9.95. The van der Waals surface area contributed by atoms with Crippen molar-refractivity contribution < 1.29 is 13.6 Å². The van der Waals surface area contributed by atoms with E-state index in [0.29, 0.717) is 13.1 Å². The van der Waals surface area contributed by atoms with Crippen LogP contribution in [0.25, 0.3) is 0 Å². The maximum Gasteiger partial charge on any atom is 0.227 e. The van der Waals surface area contributed by atoms with Crippen molar-refractivity contribution in [1.82, 2.24) is 4.90 Å². The van der Waals surface area contributed by atoms with Crippen molar-refractivity contribution >= 4 is 18.3 Å². The highest BCUT2D eigenvalue weighted by Gasteiger charge is 2.33. The maximum atomic E-state index is 13.7. The average molecular weight is 353 g/mol. The summed E-state index contributed by atoms with van der Waals surface area (Å²) in [6.45, 7) is 0.927. The molecule has 3 nitrogen and oxygen atoms in total. The molecule has 0 saturated carbocycles. The SMILES string of the molecule is Cl.N[C@@H]1CN(C(=O)Cc2cccc(F)c2F)C[C@H]1c1ccccc1. The predicted molar refractivity (Wildman–Crippen MR) is 91.0 cm³/mol. The number of carbonyl (C=O) groups excluding carboxylic acids is 1. The summed E-state index contributed by atoms with van der Waals surface area (Å²) in [5, 5.41) is 0. The standard InChI is InChI=1S/C18H18F2N2O.ClH/c19-15-8-4-7-13(18(15)20)9-17(23)22-10-14(16(21)11-22)12-5-2-1-3-6-12;/h1-8,14,16H,9-11,21H2;1H/t14-,16+;/m0./s1. The van der Waals surface area contributed by atoms with E-state index < -0.39 is 11.6 Å². The third-order valence-corrected chi connectivity index (χ3v) is 4.32. The van der Waals surface area contributed by atoms with E-state index in [0.717, 1.165) is 11.6 Å². The zero-order valence-electron chi connectivity index (χ0n) is 13.0. The fourth-order valence-electron chi connectivity index (χ4n) is 3.05. The lowest BCUT2D eigenvalue weighted by Crippen LogP contribution is -2.33. The Morgan fingerprint density at radius 3 is 2.50 bits per heavy atom. The molecule has 24 heavy (non-hydrogen) atoms. The molecule has 1 aliphatic rings. The molecule has 2 N–H and O–H groups in total. The van der Waals surface area contributed by atoms with Crippen LogP contribution in [0.2, 0.25) is 0 Å². The quantitative estimate of drug-likeness (QED) is 0.923. The summed E-state index contributed by atoms with van der Waals surface area (Å²) >= 11 is 0. The van der Waals surface area contributed by atoms with Gasteiger partial charge in [0.1, 0.15) is 0 Å². The molecule has 0 bridgehead atoms. The number of amides is 1. The number of carbonyl (C=O) groups is 1. The van der Waals surface area contributed by atoms with Crippen LogP contribution in [0, 0.1) is 11.6 Å². The predicted octanol–water partition coefficient (Wildman–Crippen LogP) is 2.88. The maximum absolute atomic E-state index is 13.7. The zero-order valence-corrected chi connectivity index (χ0v) is 13.8. The smallest absolute Gasteiger partial charge is 0.227 e. The molecule has 3 rings (SSSR count). The first-order valence-electron chi connectivity index (χ1n) is 7.57. The summed E-state index contributed by atoms with van der Waals surface area (Å²) in [4.78, 5) is 14.0. The molecule has 2 atom stereocenters. The molecule has 1 fully saturated rings. The molecule has 6 heteroatoms. The highest BCUT2D eigenvalue weighted by molar-refractivity contribution is 5.85. The molecule has 1 saturated heterocycles. The molecule has 2 aromatic rings. The van der Waals surface area contributed by atoms with Crippen LogP contribution in [-0.2, 0) is 11.2 Å². The molecule has 0 radical (unpaired) electrons. The molecule has 1 amide bonds. The minimum atomic E-state index is -0.955. The highest BCUT2D eigenvalue weighted by Crippen LogP contribution is 2.27. The van der Waals surface area contributed by atoms with Crippen LogP contribution in [0.3, 0.4) is 0 Å². The first kappa shape index (κ1) is 18.4. The van der Waals surface area contributed by atoms with Crippen molar-refractivity contribution in [2.24, 2.45) is 5.73 Å². The first-order valence-corrected chi connectivity index (χ1v) is 7.57. The van der Waals surface area contributed by atoms with Crippen LogP contribution in [0.4, 0.5) is 8.78 Å². The van der Waals surface area contributed by atoms with E-state index in [2.05, 4.69) is 0 Å². The van der Waals surface area contributed by atoms with Crippen LogP contribution in [0.5, 0.6) is 0 Å². The second-order valence-corrected chi connectivity index (χ2v) is 5.87. The number of hydrogen-bond acceptors (Lipinski definition) is 2. The number of halogens is 3. The van der Waals surface area contributed by atoms with Crippen molar-refractivity contribution in [2.45, 2.75) is 18.4 Å². The number of hydrogen-bond donors (Lipinski definition) is 1. The Morgan fingerprint density at radius 2 is 1.79 bits per heavy atom. The van der Waals surface area contributed by atoms with Gasteiger partial charge in [0.15, 0.2) is 11.6 Å². The summed E-state index contributed by atoms with van der Waals surface area (Å²) < 4.78 is 26.9. The average Bonchev–Trinajstić information content (AvgIpc) is 2.95. The molecule has 1 aliphatic heterocycles. The van der Waals surface area contributed by atoms with E-state index in [1.54, 1.807) is 4.90 Å². The van der Waals surface area contributed by atoms with Gasteiger partial charge in [-0.25, -0.2) is 8.78 Å². The van der Waals surface area contributed by atoms with Gasteiger partial charge in [0.25, 0.3) is 0 Å². The van der Waals surface area contributed by atoms with E-state index in [9.17, 15) is 13.6 Å². The van der Waals surface area contributed by atoms with E-state index in [1.165, 1.54) is 12.1 Å². The summed E-state index contributed by atoms with van der Waals surface area (Å²) in [5.74, 6) is -2.06. The van der Waals surface area contributed by atoms with Gasteiger partial charge in [-0.05, 0) is 11.6 Å². The molecular formula is C18H19ClF2N2O. The second kappa shape index (κ2) is 7.73. The number of likely N-dealkylation sites (tertiary alicyclic amines) is 1. The molecular weight excluding hydrogens is 334 g/mol. The minimum Gasteiger partial charge on any atom is -0.340 e. The Balaban J connectivity index is 0.00000208. The van der Waals surface area contributed by atoms with E-state index in [-0.39, 0.29) is 42.3 Å². The van der Waals surface area contributed by atoms with E-state index in [1.807, 2.05) is 30.3 Å². The van der Waals surface area contributed by atoms with Gasteiger partial charge in [-0.15, -0.1) is 12.4 Å². The highest BCUT2D eigenvalue weighted by atomic mass is 35.5. The number of benzene rings is 2. The van der Waals surface area contributed by atoms with Crippen LogP contribution in [-0.4, -0.2) is 29.9 Å². The summed E-state index contributed by atoms with van der Waals surface area (Å²) in [6, 6.07) is 13.5. The Bertz CT molecular complexity index is 711. The van der Waals surface area contributed by atoms with Gasteiger partial charge in [0.05, 0.1) is 6.42 Å². The Hall–Kier alpha value is -1.98. The van der Waals surface area contributed by atoms with Crippen molar-refractivity contribution in [3.8, 4) is 0 Å². The monoisotopic (exact) mass is 352 g/mol.